The second-order valence-corrected chi connectivity index (χ2v) is 5.05. The summed E-state index contributed by atoms with van der Waals surface area (Å²) in [6, 6.07) is 7.92. The summed E-state index contributed by atoms with van der Waals surface area (Å²) in [6.45, 7) is 3.37. The van der Waals surface area contributed by atoms with Gasteiger partial charge in [0.1, 0.15) is 5.82 Å². The van der Waals surface area contributed by atoms with Crippen molar-refractivity contribution in [3.8, 4) is 0 Å². The summed E-state index contributed by atoms with van der Waals surface area (Å²) >= 11 is 1.65. The van der Waals surface area contributed by atoms with Gasteiger partial charge in [-0.05, 0) is 18.1 Å². The van der Waals surface area contributed by atoms with Crippen LogP contribution in [-0.4, -0.2) is 19.9 Å². The second-order valence-electron chi connectivity index (χ2n) is 4.11. The smallest absolute Gasteiger partial charge is 0.191 e. The minimum Gasteiger partial charge on any atom is -0.392 e. The molecule has 0 aliphatic rings. The molecule has 0 atom stereocenters. The van der Waals surface area contributed by atoms with Crippen molar-refractivity contribution in [3.63, 3.8) is 0 Å². The first-order valence-corrected chi connectivity index (χ1v) is 7.20. The maximum absolute atomic E-state index is 9.00. The van der Waals surface area contributed by atoms with Crippen molar-refractivity contribution in [3.05, 3.63) is 41.2 Å². The van der Waals surface area contributed by atoms with E-state index in [2.05, 4.69) is 17.1 Å². The summed E-state index contributed by atoms with van der Waals surface area (Å²) in [4.78, 5) is 0. The molecule has 2 aromatic rings. The Labute approximate surface area is 116 Å². The van der Waals surface area contributed by atoms with Crippen LogP contribution in [0.2, 0.25) is 0 Å². The number of hydrogen-bond acceptors (Lipinski definition) is 5. The molecule has 6 heteroatoms. The normalized spacial score (nSPS) is 10.9. The number of thioether (sulfide) groups is 1. The highest BCUT2D eigenvalue weighted by molar-refractivity contribution is 7.98. The van der Waals surface area contributed by atoms with E-state index in [1.165, 1.54) is 5.56 Å². The van der Waals surface area contributed by atoms with Gasteiger partial charge in [-0.1, -0.05) is 36.0 Å². The van der Waals surface area contributed by atoms with Gasteiger partial charge in [0.15, 0.2) is 5.16 Å². The fraction of sp³-hybridized carbons (Fsp3) is 0.385. The van der Waals surface area contributed by atoms with E-state index in [-0.39, 0.29) is 6.61 Å². The predicted octanol–water partition coefficient (Wildman–Crippen LogP) is 1.54. The summed E-state index contributed by atoms with van der Waals surface area (Å²) in [5.41, 5.74) is 7.75. The van der Waals surface area contributed by atoms with Crippen LogP contribution in [0, 0.1) is 0 Å². The Kier molecular flexibility index (Phi) is 4.95. The van der Waals surface area contributed by atoms with Crippen LogP contribution in [0.1, 0.15) is 23.9 Å². The van der Waals surface area contributed by atoms with Gasteiger partial charge in [0.25, 0.3) is 0 Å². The largest absolute Gasteiger partial charge is 0.392 e. The summed E-state index contributed by atoms with van der Waals surface area (Å²) in [5.74, 6) is 1.65. The van der Waals surface area contributed by atoms with Crippen LogP contribution in [-0.2, 0) is 25.4 Å². The topological polar surface area (TPSA) is 77.0 Å². The molecule has 0 unspecified atom stereocenters. The van der Waals surface area contributed by atoms with Gasteiger partial charge >= 0.3 is 0 Å². The Balaban J connectivity index is 2.03. The maximum atomic E-state index is 9.00. The quantitative estimate of drug-likeness (QED) is 0.784. The van der Waals surface area contributed by atoms with Gasteiger partial charge in [0, 0.05) is 12.3 Å². The van der Waals surface area contributed by atoms with Gasteiger partial charge in [0.05, 0.1) is 13.2 Å². The van der Waals surface area contributed by atoms with Gasteiger partial charge < -0.3 is 15.4 Å². The zero-order chi connectivity index (χ0) is 13.7. The minimum absolute atomic E-state index is 0.0808. The molecule has 0 aliphatic carbocycles. The van der Waals surface area contributed by atoms with Crippen LogP contribution in [0.4, 0.5) is 0 Å². The van der Waals surface area contributed by atoms with Crippen molar-refractivity contribution in [2.45, 2.75) is 37.5 Å². The molecule has 0 amide bonds. The van der Waals surface area contributed by atoms with E-state index >= 15 is 0 Å². The third-order valence-corrected chi connectivity index (χ3v) is 3.90. The second kappa shape index (κ2) is 6.70. The molecule has 19 heavy (non-hydrogen) atoms. The number of aliphatic hydroxyl groups is 1. The zero-order valence-corrected chi connectivity index (χ0v) is 11.7. The molecular weight excluding hydrogens is 260 g/mol. The minimum atomic E-state index is 0.0808. The standard InChI is InChI=1S/C13H18N4OS/c1-2-17-12(7-14)15-16-13(17)19-9-11-5-3-10(8-18)4-6-11/h3-6,18H,2,7-9,14H2,1H3. The van der Waals surface area contributed by atoms with Crippen LogP contribution in [0.5, 0.6) is 0 Å². The van der Waals surface area contributed by atoms with Crippen molar-refractivity contribution in [2.75, 3.05) is 0 Å². The van der Waals surface area contributed by atoms with Crippen LogP contribution in [0.15, 0.2) is 29.4 Å². The molecule has 0 radical (unpaired) electrons. The molecule has 1 aromatic carbocycles. The Morgan fingerprint density at radius 1 is 1.21 bits per heavy atom. The molecule has 0 aliphatic heterocycles. The maximum Gasteiger partial charge on any atom is 0.191 e. The molecule has 2 rings (SSSR count). The van der Waals surface area contributed by atoms with E-state index < -0.39 is 0 Å². The monoisotopic (exact) mass is 278 g/mol. The molecule has 0 bridgehead atoms. The lowest BCUT2D eigenvalue weighted by atomic mass is 10.2. The van der Waals surface area contributed by atoms with Crippen LogP contribution >= 0.6 is 11.8 Å². The molecule has 5 nitrogen and oxygen atoms in total. The Morgan fingerprint density at radius 2 is 1.89 bits per heavy atom. The molecular formula is C13H18N4OS. The summed E-state index contributed by atoms with van der Waals surface area (Å²) in [7, 11) is 0. The van der Waals surface area contributed by atoms with E-state index in [4.69, 9.17) is 10.8 Å². The Bertz CT molecular complexity index is 524. The van der Waals surface area contributed by atoms with Crippen LogP contribution in [0.25, 0.3) is 0 Å². The molecule has 0 saturated heterocycles. The number of rotatable bonds is 6. The van der Waals surface area contributed by atoms with E-state index in [1.807, 2.05) is 28.8 Å². The number of nitrogens with zero attached hydrogens (tertiary/aromatic N) is 3. The zero-order valence-electron chi connectivity index (χ0n) is 10.9. The van der Waals surface area contributed by atoms with Crippen molar-refractivity contribution in [1.82, 2.24) is 14.8 Å². The number of hydrogen-bond donors (Lipinski definition) is 2. The van der Waals surface area contributed by atoms with Crippen LogP contribution in [0.3, 0.4) is 0 Å². The predicted molar refractivity (Wildman–Crippen MR) is 75.5 cm³/mol. The third kappa shape index (κ3) is 3.34. The highest BCUT2D eigenvalue weighted by atomic mass is 32.2. The first-order valence-electron chi connectivity index (χ1n) is 6.22. The molecule has 0 saturated carbocycles. The Morgan fingerprint density at radius 3 is 2.47 bits per heavy atom. The van der Waals surface area contributed by atoms with Crippen LogP contribution < -0.4 is 5.73 Å². The molecule has 1 heterocycles. The van der Waals surface area contributed by atoms with Crippen molar-refractivity contribution >= 4 is 11.8 Å². The molecule has 0 spiro atoms. The lowest BCUT2D eigenvalue weighted by Crippen LogP contribution is -2.08. The molecule has 0 fully saturated rings. The number of aromatic nitrogens is 3. The van der Waals surface area contributed by atoms with Crippen molar-refractivity contribution in [1.29, 1.82) is 0 Å². The number of aliphatic hydroxyl groups excluding tert-OH is 1. The lowest BCUT2D eigenvalue weighted by molar-refractivity contribution is 0.282. The number of nitrogens with two attached hydrogens (primary N) is 1. The average Bonchev–Trinajstić information content (AvgIpc) is 2.87. The summed E-state index contributed by atoms with van der Waals surface area (Å²) < 4.78 is 2.03. The van der Waals surface area contributed by atoms with Gasteiger partial charge in [-0.3, -0.25) is 0 Å². The fourth-order valence-corrected chi connectivity index (χ4v) is 2.76. The summed E-state index contributed by atoms with van der Waals surface area (Å²) in [6.07, 6.45) is 0. The SMILES string of the molecule is CCn1c(CN)nnc1SCc1ccc(CO)cc1. The molecule has 102 valence electrons. The van der Waals surface area contributed by atoms with E-state index in [0.717, 1.165) is 28.8 Å². The lowest BCUT2D eigenvalue weighted by Gasteiger charge is -2.06. The van der Waals surface area contributed by atoms with Gasteiger partial charge in [-0.25, -0.2) is 0 Å². The number of benzene rings is 1. The molecule has 3 N–H and O–H groups in total. The van der Waals surface area contributed by atoms with Crippen molar-refractivity contribution < 1.29 is 5.11 Å². The van der Waals surface area contributed by atoms with Gasteiger partial charge in [-0.15, -0.1) is 10.2 Å². The van der Waals surface area contributed by atoms with Crippen molar-refractivity contribution in [2.24, 2.45) is 5.73 Å². The first-order chi connectivity index (χ1) is 9.28. The Hall–Kier alpha value is -1.37. The fourth-order valence-electron chi connectivity index (χ4n) is 1.78. The summed E-state index contributed by atoms with van der Waals surface area (Å²) in [5, 5.41) is 18.1. The average molecular weight is 278 g/mol. The molecule has 1 aromatic heterocycles. The van der Waals surface area contributed by atoms with Gasteiger partial charge in [-0.2, -0.15) is 0 Å². The highest BCUT2D eigenvalue weighted by Crippen LogP contribution is 2.22. The van der Waals surface area contributed by atoms with E-state index in [1.54, 1.807) is 11.8 Å². The van der Waals surface area contributed by atoms with Gasteiger partial charge in [0.2, 0.25) is 0 Å². The highest BCUT2D eigenvalue weighted by Gasteiger charge is 2.09. The van der Waals surface area contributed by atoms with E-state index in [9.17, 15) is 0 Å². The van der Waals surface area contributed by atoms with E-state index in [0.29, 0.717) is 6.54 Å². The third-order valence-electron chi connectivity index (χ3n) is 2.87. The first kappa shape index (κ1) is 14.0.